The van der Waals surface area contributed by atoms with Crippen molar-refractivity contribution >= 4 is 40.0 Å². The van der Waals surface area contributed by atoms with Crippen LogP contribution in [0.4, 0.5) is 4.39 Å². The van der Waals surface area contributed by atoms with Crippen molar-refractivity contribution in [1.82, 2.24) is 4.57 Å². The van der Waals surface area contributed by atoms with Gasteiger partial charge in [-0.3, -0.25) is 4.79 Å². The molecule has 0 saturated heterocycles. The van der Waals surface area contributed by atoms with Gasteiger partial charge >= 0.3 is 5.97 Å². The number of phenolic OH excluding ortho intramolecular Hbond substituents is 1. The minimum absolute atomic E-state index is 0.167. The van der Waals surface area contributed by atoms with E-state index in [2.05, 4.69) is 6.07 Å². The van der Waals surface area contributed by atoms with E-state index in [-0.39, 0.29) is 6.42 Å². The molecule has 0 aliphatic rings. The summed E-state index contributed by atoms with van der Waals surface area (Å²) in [6, 6.07) is 4.66. The second kappa shape index (κ2) is 6.49. The number of hydrogen-bond donors (Lipinski definition) is 2. The van der Waals surface area contributed by atoms with Crippen molar-refractivity contribution in [3.8, 4) is 5.75 Å². The number of hydrogen-bond acceptors (Lipinski definition) is 4. The van der Waals surface area contributed by atoms with Crippen LogP contribution in [0.25, 0.3) is 10.9 Å². The topological polar surface area (TPSA) is 62.5 Å². The van der Waals surface area contributed by atoms with Crippen LogP contribution in [0.1, 0.15) is 16.8 Å². The fourth-order valence-corrected chi connectivity index (χ4v) is 4.29. The molecule has 126 valence electrons. The number of nitrogens with zero attached hydrogens (tertiary/aromatic N) is 1. The minimum atomic E-state index is -0.957. The van der Waals surface area contributed by atoms with Gasteiger partial charge in [0.05, 0.1) is 16.1 Å². The van der Waals surface area contributed by atoms with E-state index < -0.39 is 17.5 Å². The summed E-state index contributed by atoms with van der Waals surface area (Å²) in [5, 5.41) is 21.5. The number of carbonyl (C=O) groups is 1. The molecular weight excluding hydrogens is 349 g/mol. The molecule has 0 atom stereocenters. The van der Waals surface area contributed by atoms with Gasteiger partial charge in [-0.2, -0.15) is 0 Å². The molecule has 7 heteroatoms. The number of fused-ring (bicyclic) bond motifs is 1. The second-order valence-corrected chi connectivity index (χ2v) is 7.54. The maximum atomic E-state index is 13.8. The van der Waals surface area contributed by atoms with Crippen LogP contribution in [-0.2, 0) is 17.8 Å². The first kappa shape index (κ1) is 16.9. The van der Waals surface area contributed by atoms with E-state index >= 15 is 0 Å². The van der Waals surface area contributed by atoms with Crippen LogP contribution in [-0.4, -0.2) is 27.0 Å². The van der Waals surface area contributed by atoms with Crippen LogP contribution in [0.3, 0.4) is 0 Å². The lowest BCUT2D eigenvalue weighted by atomic mass is 10.1. The largest absolute Gasteiger partial charge is 0.505 e. The molecule has 0 fully saturated rings. The van der Waals surface area contributed by atoms with Gasteiger partial charge in [-0.1, -0.05) is 0 Å². The van der Waals surface area contributed by atoms with E-state index in [9.17, 15) is 14.3 Å². The molecule has 2 heterocycles. The third kappa shape index (κ3) is 3.01. The molecule has 0 radical (unpaired) electrons. The van der Waals surface area contributed by atoms with Crippen molar-refractivity contribution in [3.63, 3.8) is 0 Å². The van der Waals surface area contributed by atoms with Gasteiger partial charge < -0.3 is 14.8 Å². The molecule has 2 N–H and O–H groups in total. The van der Waals surface area contributed by atoms with Crippen LogP contribution in [0.5, 0.6) is 5.75 Å². The third-order valence-electron chi connectivity index (χ3n) is 4.02. The predicted octanol–water partition coefficient (Wildman–Crippen LogP) is 4.25. The Morgan fingerprint density at radius 2 is 2.12 bits per heavy atom. The molecule has 2 aromatic heterocycles. The van der Waals surface area contributed by atoms with Crippen LogP contribution in [0.2, 0.25) is 0 Å². The number of benzene rings is 1. The fourth-order valence-electron chi connectivity index (χ4n) is 2.86. The zero-order valence-electron chi connectivity index (χ0n) is 13.2. The smallest absolute Gasteiger partial charge is 0.307 e. The SMILES string of the molecule is CSc1cc(Cn2c(C)c(CC(=O)O)c3cc(O)c(F)cc32)cs1. The van der Waals surface area contributed by atoms with Gasteiger partial charge in [-0.25, -0.2) is 4.39 Å². The average molecular weight is 365 g/mol. The molecule has 24 heavy (non-hydrogen) atoms. The summed E-state index contributed by atoms with van der Waals surface area (Å²) in [6.45, 7) is 2.36. The maximum Gasteiger partial charge on any atom is 0.307 e. The number of thioether (sulfide) groups is 1. The number of aromatic nitrogens is 1. The molecule has 0 aliphatic heterocycles. The van der Waals surface area contributed by atoms with Crippen LogP contribution < -0.4 is 0 Å². The molecule has 0 amide bonds. The number of carboxylic acid groups (broad SMARTS) is 1. The van der Waals surface area contributed by atoms with Crippen molar-refractivity contribution < 1.29 is 19.4 Å². The van der Waals surface area contributed by atoms with Gasteiger partial charge in [0.15, 0.2) is 11.6 Å². The quantitative estimate of drug-likeness (QED) is 0.664. The Kier molecular flexibility index (Phi) is 4.56. The van der Waals surface area contributed by atoms with Crippen molar-refractivity contribution in [2.45, 2.75) is 24.1 Å². The number of phenols is 1. The van der Waals surface area contributed by atoms with Gasteiger partial charge in [0.2, 0.25) is 0 Å². The van der Waals surface area contributed by atoms with E-state index in [0.29, 0.717) is 23.0 Å². The van der Waals surface area contributed by atoms with Crippen LogP contribution >= 0.6 is 23.1 Å². The average Bonchev–Trinajstić information content (AvgIpc) is 3.07. The van der Waals surface area contributed by atoms with Crippen LogP contribution in [0.15, 0.2) is 27.8 Å². The predicted molar refractivity (Wildman–Crippen MR) is 94.8 cm³/mol. The van der Waals surface area contributed by atoms with Crippen molar-refractivity contribution in [1.29, 1.82) is 0 Å². The number of aliphatic carboxylic acids is 1. The first-order chi connectivity index (χ1) is 11.4. The Morgan fingerprint density at radius 3 is 2.75 bits per heavy atom. The van der Waals surface area contributed by atoms with Gasteiger partial charge in [0, 0.05) is 23.7 Å². The lowest BCUT2D eigenvalue weighted by Crippen LogP contribution is -2.04. The van der Waals surface area contributed by atoms with Gasteiger partial charge in [0.25, 0.3) is 0 Å². The number of halogens is 1. The number of aromatic hydroxyl groups is 1. The lowest BCUT2D eigenvalue weighted by molar-refractivity contribution is -0.136. The summed E-state index contributed by atoms with van der Waals surface area (Å²) >= 11 is 3.31. The Morgan fingerprint density at radius 1 is 1.38 bits per heavy atom. The monoisotopic (exact) mass is 365 g/mol. The van der Waals surface area contributed by atoms with Crippen molar-refractivity contribution in [2.75, 3.05) is 6.26 Å². The van der Waals surface area contributed by atoms with Crippen LogP contribution in [0, 0.1) is 12.7 Å². The number of thiophene rings is 1. The summed E-state index contributed by atoms with van der Waals surface area (Å²) in [4.78, 5) is 11.2. The van der Waals surface area contributed by atoms with Gasteiger partial charge in [-0.05, 0) is 41.8 Å². The summed E-state index contributed by atoms with van der Waals surface area (Å²) in [5.41, 5.74) is 3.05. The normalized spacial score (nSPS) is 11.3. The van der Waals surface area contributed by atoms with Crippen molar-refractivity contribution in [2.24, 2.45) is 0 Å². The van der Waals surface area contributed by atoms with E-state index in [1.165, 1.54) is 16.3 Å². The highest BCUT2D eigenvalue weighted by Crippen LogP contribution is 2.33. The van der Waals surface area contributed by atoms with E-state index in [4.69, 9.17) is 5.11 Å². The summed E-state index contributed by atoms with van der Waals surface area (Å²) in [5.74, 6) is -2.13. The first-order valence-corrected chi connectivity index (χ1v) is 9.34. The zero-order chi connectivity index (χ0) is 17.4. The Hall–Kier alpha value is -1.99. The molecule has 0 saturated carbocycles. The van der Waals surface area contributed by atoms with Crippen molar-refractivity contribution in [3.05, 3.63) is 46.2 Å². The van der Waals surface area contributed by atoms with E-state index in [1.807, 2.05) is 23.1 Å². The first-order valence-electron chi connectivity index (χ1n) is 7.24. The molecule has 0 unspecified atom stereocenters. The highest BCUT2D eigenvalue weighted by Gasteiger charge is 2.19. The molecule has 0 spiro atoms. The lowest BCUT2D eigenvalue weighted by Gasteiger charge is -2.07. The molecule has 3 rings (SSSR count). The molecule has 1 aromatic carbocycles. The fraction of sp³-hybridized carbons (Fsp3) is 0.235. The summed E-state index contributed by atoms with van der Waals surface area (Å²) < 4.78 is 16.9. The molecule has 4 nitrogen and oxygen atoms in total. The summed E-state index contributed by atoms with van der Waals surface area (Å²) in [6.07, 6.45) is 1.84. The Labute approximate surface area is 146 Å². The number of rotatable bonds is 5. The molecular formula is C17H16FNO3S2. The second-order valence-electron chi connectivity index (χ2n) is 5.52. The third-order valence-corrected chi connectivity index (χ3v) is 6.10. The standard InChI is InChI=1S/C17H16FNO3S2/c1-9-11(5-16(21)22)12-4-15(20)13(18)6-14(12)19(9)7-10-3-17(23-2)24-8-10/h3-4,6,8,20H,5,7H2,1-2H3,(H,21,22). The molecule has 0 bridgehead atoms. The zero-order valence-corrected chi connectivity index (χ0v) is 14.8. The van der Waals surface area contributed by atoms with E-state index in [0.717, 1.165) is 11.3 Å². The van der Waals surface area contributed by atoms with E-state index in [1.54, 1.807) is 23.1 Å². The van der Waals surface area contributed by atoms with Gasteiger partial charge in [0.1, 0.15) is 0 Å². The Bertz CT molecular complexity index is 930. The maximum absolute atomic E-state index is 13.8. The minimum Gasteiger partial charge on any atom is -0.505 e. The Balaban J connectivity index is 2.16. The highest BCUT2D eigenvalue weighted by molar-refractivity contribution is 8.00. The molecule has 0 aliphatic carbocycles. The summed E-state index contributed by atoms with van der Waals surface area (Å²) in [7, 11) is 0. The number of carboxylic acids is 1. The molecule has 3 aromatic rings. The highest BCUT2D eigenvalue weighted by atomic mass is 32.2. The van der Waals surface area contributed by atoms with Gasteiger partial charge in [-0.15, -0.1) is 23.1 Å².